The molecule has 2 aromatic carbocycles. The summed E-state index contributed by atoms with van der Waals surface area (Å²) >= 11 is 0. The summed E-state index contributed by atoms with van der Waals surface area (Å²) in [6, 6.07) is 20.7. The molecule has 0 N–H and O–H groups in total. The molecule has 2 bridgehead atoms. The fourth-order valence-electron chi connectivity index (χ4n) is 4.09. The number of anilines is 2. The summed E-state index contributed by atoms with van der Waals surface area (Å²) in [5.41, 5.74) is 4.00. The maximum absolute atomic E-state index is 4.87. The van der Waals surface area contributed by atoms with Gasteiger partial charge in [-0.25, -0.2) is 5.01 Å². The van der Waals surface area contributed by atoms with E-state index in [4.69, 9.17) is 5.10 Å². The van der Waals surface area contributed by atoms with Crippen LogP contribution in [0.1, 0.15) is 26.7 Å². The van der Waals surface area contributed by atoms with Gasteiger partial charge in [0.15, 0.2) is 0 Å². The molecular formula is C22H24N2. The number of rotatable bonds is 4. The summed E-state index contributed by atoms with van der Waals surface area (Å²) in [5.74, 6) is 1.52. The van der Waals surface area contributed by atoms with Gasteiger partial charge in [-0.15, -0.1) is 0 Å². The largest absolute Gasteiger partial charge is 0.234 e. The van der Waals surface area contributed by atoms with Crippen molar-refractivity contribution in [2.24, 2.45) is 22.4 Å². The quantitative estimate of drug-likeness (QED) is 0.514. The lowest BCUT2D eigenvalue weighted by molar-refractivity contribution is -0.00125. The van der Waals surface area contributed by atoms with Gasteiger partial charge in [0.05, 0.1) is 17.6 Å². The molecule has 1 saturated carbocycles. The first-order valence-electron chi connectivity index (χ1n) is 8.80. The van der Waals surface area contributed by atoms with Crippen LogP contribution in [-0.4, -0.2) is 6.21 Å². The Morgan fingerprint density at radius 2 is 1.54 bits per heavy atom. The Balaban J connectivity index is 1.65. The number of benzene rings is 2. The molecule has 2 aromatic rings. The van der Waals surface area contributed by atoms with E-state index in [9.17, 15) is 0 Å². The van der Waals surface area contributed by atoms with Crippen molar-refractivity contribution >= 4 is 17.6 Å². The molecule has 2 atom stereocenters. The Kier molecular flexibility index (Phi) is 3.76. The van der Waals surface area contributed by atoms with Gasteiger partial charge in [0, 0.05) is 0 Å². The third-order valence-electron chi connectivity index (χ3n) is 5.83. The zero-order chi connectivity index (χ0) is 16.6. The van der Waals surface area contributed by atoms with E-state index in [1.54, 1.807) is 0 Å². The van der Waals surface area contributed by atoms with Crippen molar-refractivity contribution in [2.75, 3.05) is 5.01 Å². The van der Waals surface area contributed by atoms with Gasteiger partial charge in [0.2, 0.25) is 0 Å². The molecule has 3 aliphatic carbocycles. The molecule has 0 aliphatic heterocycles. The normalized spacial score (nSPS) is 24.3. The third-order valence-corrected chi connectivity index (χ3v) is 5.83. The second-order valence-electron chi connectivity index (χ2n) is 7.47. The van der Waals surface area contributed by atoms with Crippen molar-refractivity contribution in [1.82, 2.24) is 0 Å². The van der Waals surface area contributed by atoms with Crippen molar-refractivity contribution in [2.45, 2.75) is 26.7 Å². The van der Waals surface area contributed by atoms with Crippen LogP contribution in [0.25, 0.3) is 0 Å². The molecule has 0 amide bonds. The molecule has 5 rings (SSSR count). The van der Waals surface area contributed by atoms with E-state index in [1.165, 1.54) is 18.4 Å². The summed E-state index contributed by atoms with van der Waals surface area (Å²) < 4.78 is 0. The highest BCUT2D eigenvalue weighted by Gasteiger charge is 2.50. The number of hydrogen-bond acceptors (Lipinski definition) is 2. The van der Waals surface area contributed by atoms with Crippen molar-refractivity contribution < 1.29 is 0 Å². The van der Waals surface area contributed by atoms with Crippen LogP contribution in [0.15, 0.2) is 77.4 Å². The number of hydrogen-bond donors (Lipinski definition) is 0. The van der Waals surface area contributed by atoms with Crippen LogP contribution in [0.5, 0.6) is 0 Å². The van der Waals surface area contributed by atoms with Crippen molar-refractivity contribution in [3.05, 3.63) is 72.3 Å². The van der Waals surface area contributed by atoms with Gasteiger partial charge in [-0.2, -0.15) is 5.10 Å². The highest BCUT2D eigenvalue weighted by atomic mass is 15.5. The van der Waals surface area contributed by atoms with E-state index in [0.29, 0.717) is 11.3 Å². The molecule has 0 heterocycles. The van der Waals surface area contributed by atoms with E-state index in [-0.39, 0.29) is 0 Å². The maximum Gasteiger partial charge on any atom is 0.0652 e. The number of fused-ring (bicyclic) bond motifs is 1. The van der Waals surface area contributed by atoms with Crippen LogP contribution in [0, 0.1) is 17.3 Å². The lowest BCUT2D eigenvalue weighted by Gasteiger charge is -2.55. The molecule has 2 nitrogen and oxygen atoms in total. The number of hydrazone groups is 1. The van der Waals surface area contributed by atoms with Gasteiger partial charge in [-0.1, -0.05) is 56.3 Å². The Morgan fingerprint density at radius 1 is 0.958 bits per heavy atom. The average Bonchev–Trinajstić information content (AvgIpc) is 2.63. The number of para-hydroxylation sites is 2. The van der Waals surface area contributed by atoms with Crippen LogP contribution in [0.2, 0.25) is 0 Å². The van der Waals surface area contributed by atoms with Crippen LogP contribution >= 0.6 is 0 Å². The highest BCUT2D eigenvalue weighted by Crippen LogP contribution is 2.58. The van der Waals surface area contributed by atoms with Gasteiger partial charge < -0.3 is 0 Å². The summed E-state index contributed by atoms with van der Waals surface area (Å²) in [6.07, 6.45) is 6.99. The molecule has 0 saturated heterocycles. The van der Waals surface area contributed by atoms with Crippen LogP contribution in [0.4, 0.5) is 11.4 Å². The summed E-state index contributed by atoms with van der Waals surface area (Å²) in [4.78, 5) is 0. The van der Waals surface area contributed by atoms with Crippen LogP contribution in [-0.2, 0) is 0 Å². The third kappa shape index (κ3) is 2.56. The van der Waals surface area contributed by atoms with Gasteiger partial charge >= 0.3 is 0 Å². The standard InChI is InChI=1S/C22H24N2/c1-22(2)18-14-13-17(21(22)15-18)16-23-24(19-9-5-3-6-10-19)20-11-7-4-8-12-20/h3-13,16,18,21H,14-15H2,1-2H3. The van der Waals surface area contributed by atoms with Crippen LogP contribution in [0.3, 0.4) is 0 Å². The fourth-order valence-corrected chi connectivity index (χ4v) is 4.09. The second kappa shape index (κ2) is 5.94. The first-order chi connectivity index (χ1) is 11.7. The van der Waals surface area contributed by atoms with Crippen molar-refractivity contribution in [3.63, 3.8) is 0 Å². The van der Waals surface area contributed by atoms with Gasteiger partial charge in [0.1, 0.15) is 0 Å². The van der Waals surface area contributed by atoms with E-state index in [0.717, 1.165) is 17.3 Å². The van der Waals surface area contributed by atoms with Gasteiger partial charge in [-0.05, 0) is 59.9 Å². The summed E-state index contributed by atoms with van der Waals surface area (Å²) in [7, 11) is 0. The highest BCUT2D eigenvalue weighted by molar-refractivity contribution is 5.82. The number of nitrogens with zero attached hydrogens (tertiary/aromatic N) is 2. The minimum absolute atomic E-state index is 0.431. The second-order valence-corrected chi connectivity index (χ2v) is 7.47. The SMILES string of the molecule is CC1(C)C2CC=C(C=NN(c3ccccc3)c3ccccc3)C1C2. The maximum atomic E-state index is 4.87. The van der Waals surface area contributed by atoms with Crippen molar-refractivity contribution in [1.29, 1.82) is 0 Å². The Bertz CT molecular complexity index is 720. The molecule has 122 valence electrons. The molecule has 24 heavy (non-hydrogen) atoms. The molecular weight excluding hydrogens is 292 g/mol. The topological polar surface area (TPSA) is 15.6 Å². The molecule has 0 radical (unpaired) electrons. The summed E-state index contributed by atoms with van der Waals surface area (Å²) in [5, 5.41) is 6.89. The van der Waals surface area contributed by atoms with E-state index in [1.807, 2.05) is 17.1 Å². The fraction of sp³-hybridized carbons (Fsp3) is 0.318. The zero-order valence-corrected chi connectivity index (χ0v) is 14.4. The predicted octanol–water partition coefficient (Wildman–Crippen LogP) is 5.80. The first kappa shape index (κ1) is 15.2. The smallest absolute Gasteiger partial charge is 0.0652 e. The minimum atomic E-state index is 0.431. The van der Waals surface area contributed by atoms with E-state index >= 15 is 0 Å². The average molecular weight is 316 g/mol. The molecule has 2 unspecified atom stereocenters. The molecule has 0 spiro atoms. The van der Waals surface area contributed by atoms with Crippen LogP contribution < -0.4 is 5.01 Å². The van der Waals surface area contributed by atoms with Gasteiger partial charge in [0.25, 0.3) is 0 Å². The molecule has 1 fully saturated rings. The summed E-state index contributed by atoms with van der Waals surface area (Å²) in [6.45, 7) is 4.80. The van der Waals surface area contributed by atoms with Gasteiger partial charge in [-0.3, -0.25) is 0 Å². The minimum Gasteiger partial charge on any atom is -0.234 e. The predicted molar refractivity (Wildman–Crippen MR) is 102 cm³/mol. The zero-order valence-electron chi connectivity index (χ0n) is 14.4. The molecule has 2 heteroatoms. The Hall–Kier alpha value is -2.35. The Morgan fingerprint density at radius 3 is 2.04 bits per heavy atom. The first-order valence-corrected chi connectivity index (χ1v) is 8.80. The number of allylic oxidation sites excluding steroid dienone is 2. The van der Waals surface area contributed by atoms with Crippen molar-refractivity contribution in [3.8, 4) is 0 Å². The lowest BCUT2D eigenvalue weighted by atomic mass is 9.49. The molecule has 0 aromatic heterocycles. The molecule has 3 aliphatic rings. The van der Waals surface area contributed by atoms with E-state index < -0.39 is 0 Å². The van der Waals surface area contributed by atoms with E-state index in [2.05, 4.69) is 74.7 Å². The lowest BCUT2D eigenvalue weighted by Crippen LogP contribution is -2.48. The Labute approximate surface area is 144 Å². The monoisotopic (exact) mass is 316 g/mol.